The number of fused-ring (bicyclic) bond motifs is 1. The highest BCUT2D eigenvalue weighted by Gasteiger charge is 2.82. The van der Waals surface area contributed by atoms with Crippen LogP contribution in [0.25, 0.3) is 0 Å². The van der Waals surface area contributed by atoms with Crippen molar-refractivity contribution in [1.29, 1.82) is 0 Å². The zero-order chi connectivity index (χ0) is 30.4. The first-order chi connectivity index (χ1) is 19.8. The minimum atomic E-state index is -1.28. The van der Waals surface area contributed by atoms with Gasteiger partial charge in [-0.3, -0.25) is 9.59 Å². The molecule has 2 aromatic rings. The molecular formula is C33H38O9. The van der Waals surface area contributed by atoms with Crippen LogP contribution in [0.15, 0.2) is 60.7 Å². The first-order valence-corrected chi connectivity index (χ1v) is 14.4. The van der Waals surface area contributed by atoms with Crippen LogP contribution in [0.2, 0.25) is 0 Å². The SMILES string of the molecule is CC(=O)OC1CC[C@@H](C)[C@]23OC(C)(C)[C@H](C(OC(=O)c4ccccc4)C(OC(=O)c4ccccc4)[C@]12C)[C@H]3OC(C)=O. The molecule has 0 aromatic heterocycles. The lowest BCUT2D eigenvalue weighted by Gasteiger charge is -2.62. The van der Waals surface area contributed by atoms with Gasteiger partial charge in [-0.1, -0.05) is 43.3 Å². The molecule has 1 spiro atoms. The van der Waals surface area contributed by atoms with Gasteiger partial charge >= 0.3 is 23.9 Å². The van der Waals surface area contributed by atoms with Crippen LogP contribution in [0, 0.1) is 17.3 Å². The van der Waals surface area contributed by atoms with E-state index in [0.29, 0.717) is 24.0 Å². The van der Waals surface area contributed by atoms with Gasteiger partial charge in [-0.2, -0.15) is 0 Å². The lowest BCUT2D eigenvalue weighted by Crippen LogP contribution is -2.76. The number of carbonyl (C=O) groups excluding carboxylic acids is 4. The fourth-order valence-electron chi connectivity index (χ4n) is 7.76. The topological polar surface area (TPSA) is 114 Å². The quantitative estimate of drug-likeness (QED) is 0.348. The van der Waals surface area contributed by atoms with Crippen LogP contribution in [-0.2, 0) is 33.3 Å². The lowest BCUT2D eigenvalue weighted by molar-refractivity contribution is -0.297. The molecule has 2 aromatic carbocycles. The largest absolute Gasteiger partial charge is 0.462 e. The second-order valence-electron chi connectivity index (χ2n) is 12.3. The molecule has 9 nitrogen and oxygen atoms in total. The van der Waals surface area contributed by atoms with E-state index in [2.05, 4.69) is 0 Å². The van der Waals surface area contributed by atoms with Gasteiger partial charge in [0.1, 0.15) is 23.9 Å². The van der Waals surface area contributed by atoms with Gasteiger partial charge in [0, 0.05) is 13.8 Å². The Hall–Kier alpha value is -3.72. The summed E-state index contributed by atoms with van der Waals surface area (Å²) in [6, 6.07) is 17.0. The summed E-state index contributed by atoms with van der Waals surface area (Å²) in [5.74, 6) is -3.21. The Morgan fingerprint density at radius 3 is 1.76 bits per heavy atom. The molecule has 1 saturated heterocycles. The predicted molar refractivity (Wildman–Crippen MR) is 150 cm³/mol. The zero-order valence-corrected chi connectivity index (χ0v) is 24.8. The highest BCUT2D eigenvalue weighted by Crippen LogP contribution is 2.68. The summed E-state index contributed by atoms with van der Waals surface area (Å²) in [7, 11) is 0. The van der Waals surface area contributed by atoms with E-state index < -0.39 is 70.8 Å². The van der Waals surface area contributed by atoms with Crippen molar-refractivity contribution >= 4 is 23.9 Å². The number of esters is 4. The second kappa shape index (κ2) is 10.8. The molecule has 42 heavy (non-hydrogen) atoms. The third-order valence-corrected chi connectivity index (χ3v) is 9.43. The van der Waals surface area contributed by atoms with E-state index in [4.69, 9.17) is 23.7 Å². The Labute approximate surface area is 245 Å². The number of hydrogen-bond donors (Lipinski definition) is 0. The molecule has 2 aliphatic carbocycles. The molecule has 0 N–H and O–H groups in total. The lowest BCUT2D eigenvalue weighted by atomic mass is 9.48. The summed E-state index contributed by atoms with van der Waals surface area (Å²) in [5, 5.41) is 0. The molecule has 2 bridgehead atoms. The molecule has 9 heteroatoms. The van der Waals surface area contributed by atoms with Crippen LogP contribution in [0.4, 0.5) is 0 Å². The molecule has 3 aliphatic rings. The van der Waals surface area contributed by atoms with E-state index in [1.165, 1.54) is 13.8 Å². The van der Waals surface area contributed by atoms with Gasteiger partial charge in [0.25, 0.3) is 0 Å². The molecule has 3 unspecified atom stereocenters. The summed E-state index contributed by atoms with van der Waals surface area (Å²) in [6.07, 6.45) is -2.88. The van der Waals surface area contributed by atoms with Crippen LogP contribution in [-0.4, -0.2) is 59.5 Å². The number of rotatable bonds is 6. The van der Waals surface area contributed by atoms with Crippen LogP contribution < -0.4 is 0 Å². The minimum absolute atomic E-state index is 0.202. The molecule has 1 aliphatic heterocycles. The van der Waals surface area contributed by atoms with Crippen molar-refractivity contribution in [3.05, 3.63) is 71.8 Å². The normalized spacial score (nSPS) is 34.4. The second-order valence-corrected chi connectivity index (χ2v) is 12.3. The highest BCUT2D eigenvalue weighted by atomic mass is 16.6. The maximum Gasteiger partial charge on any atom is 0.338 e. The third-order valence-electron chi connectivity index (χ3n) is 9.43. The molecule has 0 radical (unpaired) electrons. The van der Waals surface area contributed by atoms with Gasteiger partial charge in [0.2, 0.25) is 0 Å². The third kappa shape index (κ3) is 4.68. The number of carbonyl (C=O) groups is 4. The summed E-state index contributed by atoms with van der Waals surface area (Å²) in [5.41, 5.74) is -2.90. The highest BCUT2D eigenvalue weighted by molar-refractivity contribution is 5.90. The monoisotopic (exact) mass is 578 g/mol. The summed E-state index contributed by atoms with van der Waals surface area (Å²) in [4.78, 5) is 52.4. The Bertz CT molecular complexity index is 1360. The van der Waals surface area contributed by atoms with Gasteiger partial charge < -0.3 is 23.7 Å². The van der Waals surface area contributed by atoms with Gasteiger partial charge in [-0.05, 0) is 63.8 Å². The van der Waals surface area contributed by atoms with E-state index in [1.807, 2.05) is 27.7 Å². The number of ether oxygens (including phenoxy) is 5. The Morgan fingerprint density at radius 2 is 1.24 bits per heavy atom. The van der Waals surface area contributed by atoms with E-state index in [9.17, 15) is 19.2 Å². The van der Waals surface area contributed by atoms with Gasteiger partial charge in [0.05, 0.1) is 28.1 Å². The smallest absolute Gasteiger partial charge is 0.338 e. The maximum atomic E-state index is 13.7. The average molecular weight is 579 g/mol. The molecule has 0 amide bonds. The maximum absolute atomic E-state index is 13.7. The van der Waals surface area contributed by atoms with Crippen LogP contribution in [0.1, 0.15) is 75.1 Å². The van der Waals surface area contributed by atoms with E-state index in [1.54, 1.807) is 60.7 Å². The first-order valence-electron chi connectivity index (χ1n) is 14.4. The molecule has 224 valence electrons. The summed E-state index contributed by atoms with van der Waals surface area (Å²) >= 11 is 0. The Morgan fingerprint density at radius 1 is 0.714 bits per heavy atom. The van der Waals surface area contributed by atoms with Crippen molar-refractivity contribution in [2.75, 3.05) is 0 Å². The van der Waals surface area contributed by atoms with Crippen LogP contribution in [0.3, 0.4) is 0 Å². The average Bonchev–Trinajstić information content (AvgIpc) is 3.14. The first kappa shape index (κ1) is 29.8. The van der Waals surface area contributed by atoms with Crippen molar-refractivity contribution in [3.8, 4) is 0 Å². The minimum Gasteiger partial charge on any atom is -0.462 e. The van der Waals surface area contributed by atoms with Gasteiger partial charge in [-0.15, -0.1) is 0 Å². The van der Waals surface area contributed by atoms with Crippen LogP contribution >= 0.6 is 0 Å². The van der Waals surface area contributed by atoms with E-state index in [-0.39, 0.29) is 5.92 Å². The molecule has 8 atom stereocenters. The standard InChI is InChI=1S/C33H38O9/c1-19-17-18-24(38-20(2)34)32(6)28(41-30(37)23-15-11-8-12-16-23)26(40-29(36)22-13-9-7-10-14-22)25-27(39-21(3)35)33(19,32)42-31(25,4)5/h7-16,19,24-28H,17-18H2,1-6H3/t19-,24?,25-,26?,27-,28?,32+,33-/m1/s1. The van der Waals surface area contributed by atoms with E-state index in [0.717, 1.165) is 0 Å². The molecular weight excluding hydrogens is 540 g/mol. The number of hydrogen-bond acceptors (Lipinski definition) is 9. The van der Waals surface area contributed by atoms with Gasteiger partial charge in [-0.25, -0.2) is 9.59 Å². The van der Waals surface area contributed by atoms with Crippen molar-refractivity contribution < 1.29 is 42.9 Å². The number of benzene rings is 2. The van der Waals surface area contributed by atoms with Crippen molar-refractivity contribution in [2.24, 2.45) is 17.3 Å². The molecule has 2 saturated carbocycles. The van der Waals surface area contributed by atoms with Crippen molar-refractivity contribution in [1.82, 2.24) is 0 Å². The summed E-state index contributed by atoms with van der Waals surface area (Å²) in [6.45, 7) is 10.2. The van der Waals surface area contributed by atoms with Crippen molar-refractivity contribution in [3.63, 3.8) is 0 Å². The van der Waals surface area contributed by atoms with Gasteiger partial charge in [0.15, 0.2) is 6.10 Å². The predicted octanol–water partition coefficient (Wildman–Crippen LogP) is 4.91. The molecule has 5 rings (SSSR count). The zero-order valence-electron chi connectivity index (χ0n) is 24.8. The van der Waals surface area contributed by atoms with E-state index >= 15 is 0 Å². The fourth-order valence-corrected chi connectivity index (χ4v) is 7.76. The Balaban J connectivity index is 1.73. The fraction of sp³-hybridized carbons (Fsp3) is 0.515. The Kier molecular flexibility index (Phi) is 7.68. The molecule has 3 fully saturated rings. The summed E-state index contributed by atoms with van der Waals surface area (Å²) < 4.78 is 31.6. The van der Waals surface area contributed by atoms with Crippen LogP contribution in [0.5, 0.6) is 0 Å². The molecule has 1 heterocycles. The van der Waals surface area contributed by atoms with Crippen molar-refractivity contribution in [2.45, 2.75) is 90.0 Å².